The molecule has 0 N–H and O–H groups in total. The standard InChI is InChI=1S/C15H9F7/c16-12-8-6-11(7-9-12)13(14(17,18)19,15(20,21)22)10-4-2-1-3-5-10/h1-9H. The van der Waals surface area contributed by atoms with Crippen LogP contribution in [0.25, 0.3) is 0 Å². The topological polar surface area (TPSA) is 0 Å². The smallest absolute Gasteiger partial charge is 0.207 e. The number of rotatable bonds is 2. The number of alkyl halides is 6. The Kier molecular flexibility index (Phi) is 3.93. The van der Waals surface area contributed by atoms with Gasteiger partial charge >= 0.3 is 12.4 Å². The fraction of sp³-hybridized carbons (Fsp3) is 0.200. The van der Waals surface area contributed by atoms with E-state index >= 15 is 0 Å². The van der Waals surface area contributed by atoms with Crippen LogP contribution in [0, 0.1) is 5.82 Å². The van der Waals surface area contributed by atoms with E-state index in [0.717, 1.165) is 24.3 Å². The van der Waals surface area contributed by atoms with Crippen molar-refractivity contribution in [2.45, 2.75) is 17.8 Å². The zero-order valence-electron chi connectivity index (χ0n) is 10.8. The monoisotopic (exact) mass is 322 g/mol. The lowest BCUT2D eigenvalue weighted by Gasteiger charge is -2.38. The Morgan fingerprint density at radius 2 is 0.955 bits per heavy atom. The van der Waals surface area contributed by atoms with Crippen molar-refractivity contribution in [3.05, 3.63) is 71.5 Å². The molecule has 0 aromatic heterocycles. The maximum atomic E-state index is 13.5. The summed E-state index contributed by atoms with van der Waals surface area (Å²) >= 11 is 0. The molecule has 0 fully saturated rings. The molecule has 0 aliphatic carbocycles. The van der Waals surface area contributed by atoms with Gasteiger partial charge in [-0.1, -0.05) is 42.5 Å². The van der Waals surface area contributed by atoms with Crippen LogP contribution < -0.4 is 0 Å². The fourth-order valence-corrected chi connectivity index (χ4v) is 2.37. The van der Waals surface area contributed by atoms with Crippen LogP contribution in [0.2, 0.25) is 0 Å². The average Bonchev–Trinajstić information content (AvgIpc) is 2.39. The lowest BCUT2D eigenvalue weighted by molar-refractivity contribution is -0.288. The number of halogens is 7. The third-order valence-corrected chi connectivity index (χ3v) is 3.33. The molecule has 0 radical (unpaired) electrons. The van der Waals surface area contributed by atoms with E-state index in [0.29, 0.717) is 24.3 Å². The van der Waals surface area contributed by atoms with E-state index in [1.54, 1.807) is 0 Å². The van der Waals surface area contributed by atoms with Gasteiger partial charge in [-0.2, -0.15) is 26.3 Å². The highest BCUT2D eigenvalue weighted by atomic mass is 19.4. The third-order valence-electron chi connectivity index (χ3n) is 3.33. The summed E-state index contributed by atoms with van der Waals surface area (Å²) in [7, 11) is 0. The highest BCUT2D eigenvalue weighted by molar-refractivity contribution is 5.44. The molecule has 2 rings (SSSR count). The second-order valence-corrected chi connectivity index (χ2v) is 4.62. The quantitative estimate of drug-likeness (QED) is 0.664. The molecule has 118 valence electrons. The predicted octanol–water partition coefficient (Wildman–Crippen LogP) is 5.24. The van der Waals surface area contributed by atoms with Gasteiger partial charge < -0.3 is 0 Å². The predicted molar refractivity (Wildman–Crippen MR) is 65.7 cm³/mol. The van der Waals surface area contributed by atoms with Crippen molar-refractivity contribution in [3.8, 4) is 0 Å². The summed E-state index contributed by atoms with van der Waals surface area (Å²) in [5.74, 6) is -0.921. The first-order valence-corrected chi connectivity index (χ1v) is 6.05. The molecule has 0 spiro atoms. The summed E-state index contributed by atoms with van der Waals surface area (Å²) in [6, 6.07) is 7.15. The van der Waals surface area contributed by atoms with Gasteiger partial charge in [0.1, 0.15) is 5.82 Å². The van der Waals surface area contributed by atoms with E-state index in [9.17, 15) is 30.7 Å². The Morgan fingerprint density at radius 1 is 0.545 bits per heavy atom. The highest BCUT2D eigenvalue weighted by Gasteiger charge is 2.72. The summed E-state index contributed by atoms with van der Waals surface area (Å²) in [6.07, 6.45) is -11.3. The third kappa shape index (κ3) is 2.44. The van der Waals surface area contributed by atoms with Gasteiger partial charge in [0.25, 0.3) is 0 Å². The molecule has 0 amide bonds. The lowest BCUT2D eigenvalue weighted by Crippen LogP contribution is -2.54. The van der Waals surface area contributed by atoms with Gasteiger partial charge in [-0.3, -0.25) is 0 Å². The van der Waals surface area contributed by atoms with Crippen molar-refractivity contribution >= 4 is 0 Å². The van der Waals surface area contributed by atoms with Crippen LogP contribution in [-0.4, -0.2) is 12.4 Å². The molecule has 0 aliphatic heterocycles. The van der Waals surface area contributed by atoms with Gasteiger partial charge in [-0.15, -0.1) is 0 Å². The van der Waals surface area contributed by atoms with Crippen molar-refractivity contribution in [2.75, 3.05) is 0 Å². The van der Waals surface area contributed by atoms with Crippen LogP contribution in [0.3, 0.4) is 0 Å². The van der Waals surface area contributed by atoms with E-state index in [4.69, 9.17) is 0 Å². The van der Waals surface area contributed by atoms with Crippen LogP contribution in [-0.2, 0) is 5.41 Å². The molecule has 0 nitrogen and oxygen atoms in total. The first-order valence-electron chi connectivity index (χ1n) is 6.05. The maximum Gasteiger partial charge on any atom is 0.411 e. The summed E-state index contributed by atoms with van der Waals surface area (Å²) in [4.78, 5) is 0. The second-order valence-electron chi connectivity index (χ2n) is 4.62. The molecule has 22 heavy (non-hydrogen) atoms. The molecular weight excluding hydrogens is 313 g/mol. The SMILES string of the molecule is Fc1ccc(C(c2ccccc2)(C(F)(F)F)C(F)(F)F)cc1. The van der Waals surface area contributed by atoms with Crippen molar-refractivity contribution in [3.63, 3.8) is 0 Å². The van der Waals surface area contributed by atoms with Crippen LogP contribution in [0.4, 0.5) is 30.7 Å². The second kappa shape index (κ2) is 5.30. The molecule has 7 heteroatoms. The molecule has 0 heterocycles. The Hall–Kier alpha value is -2.05. The normalized spacial score (nSPS) is 13.2. The Balaban J connectivity index is 2.86. The Labute approximate surface area is 121 Å². The largest absolute Gasteiger partial charge is 0.411 e. The van der Waals surface area contributed by atoms with Crippen molar-refractivity contribution in [1.29, 1.82) is 0 Å². The van der Waals surface area contributed by atoms with E-state index in [1.165, 1.54) is 6.07 Å². The minimum atomic E-state index is -5.65. The van der Waals surface area contributed by atoms with Gasteiger partial charge in [0.15, 0.2) is 0 Å². The molecule has 0 saturated carbocycles. The molecule has 0 bridgehead atoms. The van der Waals surface area contributed by atoms with Crippen molar-refractivity contribution in [1.82, 2.24) is 0 Å². The first kappa shape index (κ1) is 16.3. The van der Waals surface area contributed by atoms with Gasteiger partial charge in [0.05, 0.1) is 0 Å². The first-order chi connectivity index (χ1) is 10.1. The van der Waals surface area contributed by atoms with Crippen molar-refractivity contribution < 1.29 is 30.7 Å². The molecule has 0 aliphatic rings. The van der Waals surface area contributed by atoms with Crippen LogP contribution >= 0.6 is 0 Å². The molecule has 2 aromatic rings. The molecule has 2 aromatic carbocycles. The van der Waals surface area contributed by atoms with E-state index in [-0.39, 0.29) is 0 Å². The van der Waals surface area contributed by atoms with Crippen LogP contribution in [0.1, 0.15) is 11.1 Å². The molecule has 0 unspecified atom stereocenters. The summed E-state index contributed by atoms with van der Waals surface area (Å²) in [5.41, 5.74) is -6.27. The van der Waals surface area contributed by atoms with Gasteiger partial charge in [0.2, 0.25) is 5.41 Å². The lowest BCUT2D eigenvalue weighted by atomic mass is 9.73. The number of hydrogen-bond acceptors (Lipinski definition) is 0. The van der Waals surface area contributed by atoms with Gasteiger partial charge in [-0.25, -0.2) is 4.39 Å². The fourth-order valence-electron chi connectivity index (χ4n) is 2.37. The van der Waals surface area contributed by atoms with E-state index in [1.807, 2.05) is 0 Å². The summed E-state index contributed by atoms with van der Waals surface area (Å²) < 4.78 is 94.1. The minimum absolute atomic E-state index is 0.503. The summed E-state index contributed by atoms with van der Waals surface area (Å²) in [6.45, 7) is 0. The zero-order valence-corrected chi connectivity index (χ0v) is 10.8. The Bertz CT molecular complexity index is 610. The van der Waals surface area contributed by atoms with E-state index in [2.05, 4.69) is 0 Å². The average molecular weight is 322 g/mol. The van der Waals surface area contributed by atoms with Gasteiger partial charge in [0, 0.05) is 0 Å². The highest BCUT2D eigenvalue weighted by Crippen LogP contribution is 2.56. The van der Waals surface area contributed by atoms with E-state index < -0.39 is 34.7 Å². The van der Waals surface area contributed by atoms with Crippen molar-refractivity contribution in [2.24, 2.45) is 0 Å². The zero-order chi connectivity index (χ0) is 16.6. The molecule has 0 atom stereocenters. The summed E-state index contributed by atoms with van der Waals surface area (Å²) in [5, 5.41) is 0. The Morgan fingerprint density at radius 3 is 1.36 bits per heavy atom. The molecular formula is C15H9F7. The maximum absolute atomic E-state index is 13.5. The minimum Gasteiger partial charge on any atom is -0.207 e. The number of benzene rings is 2. The van der Waals surface area contributed by atoms with Crippen LogP contribution in [0.15, 0.2) is 54.6 Å². The van der Waals surface area contributed by atoms with Gasteiger partial charge in [-0.05, 0) is 23.3 Å². The number of hydrogen-bond donors (Lipinski definition) is 0. The van der Waals surface area contributed by atoms with Crippen LogP contribution in [0.5, 0.6) is 0 Å². The molecule has 0 saturated heterocycles.